The highest BCUT2D eigenvalue weighted by molar-refractivity contribution is 7.10. The number of hydrogen-bond donors (Lipinski definition) is 1. The van der Waals surface area contributed by atoms with Gasteiger partial charge in [0.2, 0.25) is 0 Å². The van der Waals surface area contributed by atoms with E-state index in [0.717, 1.165) is 10.9 Å². The summed E-state index contributed by atoms with van der Waals surface area (Å²) in [5.74, 6) is -0.762. The van der Waals surface area contributed by atoms with E-state index < -0.39 is 17.6 Å². The minimum atomic E-state index is -4.58. The van der Waals surface area contributed by atoms with Crippen molar-refractivity contribution in [3.63, 3.8) is 0 Å². The molecule has 0 saturated carbocycles. The Bertz CT molecular complexity index is 795. The lowest BCUT2D eigenvalue weighted by Crippen LogP contribution is -2.32. The van der Waals surface area contributed by atoms with Gasteiger partial charge >= 0.3 is 6.18 Å². The molecular weight excluding hydrogens is 351 g/mol. The molecular formula is C17H14F3N3OS. The van der Waals surface area contributed by atoms with Gasteiger partial charge in [-0.25, -0.2) is 0 Å². The third kappa shape index (κ3) is 3.90. The zero-order chi connectivity index (χ0) is 17.9. The van der Waals surface area contributed by atoms with Gasteiger partial charge in [-0.3, -0.25) is 9.48 Å². The van der Waals surface area contributed by atoms with Crippen molar-refractivity contribution in [2.24, 2.45) is 0 Å². The van der Waals surface area contributed by atoms with Crippen molar-refractivity contribution in [3.8, 4) is 0 Å². The topological polar surface area (TPSA) is 46.9 Å². The molecule has 0 aliphatic carbocycles. The summed E-state index contributed by atoms with van der Waals surface area (Å²) in [5.41, 5.74) is -1.33. The van der Waals surface area contributed by atoms with E-state index >= 15 is 0 Å². The van der Waals surface area contributed by atoms with E-state index in [4.69, 9.17) is 0 Å². The second-order valence-corrected chi connectivity index (χ2v) is 6.25. The number of rotatable bonds is 5. The van der Waals surface area contributed by atoms with Crippen molar-refractivity contribution < 1.29 is 18.0 Å². The molecule has 0 fully saturated rings. The molecule has 2 heterocycles. The van der Waals surface area contributed by atoms with Gasteiger partial charge in [-0.1, -0.05) is 18.2 Å². The number of hydrogen-bond acceptors (Lipinski definition) is 3. The molecule has 2 aromatic heterocycles. The van der Waals surface area contributed by atoms with Crippen LogP contribution in [0, 0.1) is 0 Å². The van der Waals surface area contributed by atoms with E-state index in [1.165, 1.54) is 29.5 Å². The summed E-state index contributed by atoms with van der Waals surface area (Å²) >= 11 is 1.49. The number of carbonyl (C=O) groups is 1. The molecule has 1 atom stereocenters. The molecule has 0 aliphatic heterocycles. The Morgan fingerprint density at radius 1 is 1.20 bits per heavy atom. The quantitative estimate of drug-likeness (QED) is 0.743. The van der Waals surface area contributed by atoms with Crippen LogP contribution in [0.2, 0.25) is 0 Å². The molecule has 130 valence electrons. The molecule has 3 aromatic rings. The monoisotopic (exact) mass is 365 g/mol. The Morgan fingerprint density at radius 3 is 2.64 bits per heavy atom. The SMILES string of the molecule is O=C(NC[C@@H](c1cccs1)n1cccn1)c1ccccc1C(F)(F)F. The number of halogens is 3. The van der Waals surface area contributed by atoms with Crippen LogP contribution in [0.3, 0.4) is 0 Å². The summed E-state index contributed by atoms with van der Waals surface area (Å²) in [6, 6.07) is 9.99. The summed E-state index contributed by atoms with van der Waals surface area (Å²) in [4.78, 5) is 13.3. The maximum Gasteiger partial charge on any atom is 0.417 e. The highest BCUT2D eigenvalue weighted by Crippen LogP contribution is 2.32. The average molecular weight is 365 g/mol. The summed E-state index contributed by atoms with van der Waals surface area (Å²) in [6.07, 6.45) is -1.22. The minimum Gasteiger partial charge on any atom is -0.349 e. The second-order valence-electron chi connectivity index (χ2n) is 5.27. The summed E-state index contributed by atoms with van der Waals surface area (Å²) in [6.45, 7) is 0.132. The van der Waals surface area contributed by atoms with E-state index in [0.29, 0.717) is 0 Å². The molecule has 0 spiro atoms. The van der Waals surface area contributed by atoms with Gasteiger partial charge in [-0.05, 0) is 29.6 Å². The molecule has 8 heteroatoms. The van der Waals surface area contributed by atoms with Crippen LogP contribution in [0.1, 0.15) is 26.8 Å². The molecule has 1 N–H and O–H groups in total. The molecule has 1 aromatic carbocycles. The number of carbonyl (C=O) groups excluding carboxylic acids is 1. The Labute approximate surface area is 145 Å². The van der Waals surface area contributed by atoms with Crippen molar-refractivity contribution in [2.45, 2.75) is 12.2 Å². The van der Waals surface area contributed by atoms with Gasteiger partial charge in [0.1, 0.15) is 6.04 Å². The molecule has 25 heavy (non-hydrogen) atoms. The maximum absolute atomic E-state index is 13.1. The largest absolute Gasteiger partial charge is 0.417 e. The smallest absolute Gasteiger partial charge is 0.349 e. The van der Waals surface area contributed by atoms with Crippen LogP contribution in [0.5, 0.6) is 0 Å². The normalized spacial score (nSPS) is 12.8. The number of thiophene rings is 1. The number of nitrogens with one attached hydrogen (secondary N) is 1. The lowest BCUT2D eigenvalue weighted by Gasteiger charge is -2.18. The van der Waals surface area contributed by atoms with Gasteiger partial charge in [-0.15, -0.1) is 11.3 Å². The fourth-order valence-corrected chi connectivity index (χ4v) is 3.30. The predicted molar refractivity (Wildman–Crippen MR) is 88.5 cm³/mol. The minimum absolute atomic E-state index is 0.132. The lowest BCUT2D eigenvalue weighted by atomic mass is 10.1. The van der Waals surface area contributed by atoms with Gasteiger partial charge in [0.25, 0.3) is 5.91 Å². The Hall–Kier alpha value is -2.61. The first-order valence-corrected chi connectivity index (χ1v) is 8.31. The van der Waals surface area contributed by atoms with E-state index in [9.17, 15) is 18.0 Å². The van der Waals surface area contributed by atoms with Crippen molar-refractivity contribution in [2.75, 3.05) is 6.54 Å². The third-order valence-corrected chi connectivity index (χ3v) is 4.62. The molecule has 0 bridgehead atoms. The van der Waals surface area contributed by atoms with E-state index in [-0.39, 0.29) is 18.2 Å². The van der Waals surface area contributed by atoms with Crippen LogP contribution in [-0.4, -0.2) is 22.2 Å². The van der Waals surface area contributed by atoms with E-state index in [1.54, 1.807) is 23.1 Å². The van der Waals surface area contributed by atoms with Gasteiger partial charge in [-0.2, -0.15) is 18.3 Å². The van der Waals surface area contributed by atoms with Crippen LogP contribution in [0.25, 0.3) is 0 Å². The Kier molecular flexibility index (Phi) is 4.89. The summed E-state index contributed by atoms with van der Waals surface area (Å²) in [5, 5.41) is 8.66. The number of nitrogens with zero attached hydrogens (tertiary/aromatic N) is 2. The maximum atomic E-state index is 13.1. The second kappa shape index (κ2) is 7.10. The van der Waals surface area contributed by atoms with Crippen LogP contribution in [-0.2, 0) is 6.18 Å². The Morgan fingerprint density at radius 2 is 2.00 bits per heavy atom. The highest BCUT2D eigenvalue weighted by Gasteiger charge is 2.34. The lowest BCUT2D eigenvalue weighted by molar-refractivity contribution is -0.137. The highest BCUT2D eigenvalue weighted by atomic mass is 32.1. The van der Waals surface area contributed by atoms with Crippen LogP contribution in [0.15, 0.2) is 60.2 Å². The van der Waals surface area contributed by atoms with Crippen molar-refractivity contribution in [1.29, 1.82) is 0 Å². The number of alkyl halides is 3. The zero-order valence-electron chi connectivity index (χ0n) is 12.9. The van der Waals surface area contributed by atoms with Gasteiger partial charge in [0.05, 0.1) is 11.1 Å². The van der Waals surface area contributed by atoms with Crippen molar-refractivity contribution in [3.05, 3.63) is 76.2 Å². The molecule has 1 amide bonds. The third-order valence-electron chi connectivity index (χ3n) is 3.65. The molecule has 0 aliphatic rings. The Balaban J connectivity index is 1.80. The first-order valence-electron chi connectivity index (χ1n) is 7.44. The van der Waals surface area contributed by atoms with Gasteiger partial charge < -0.3 is 5.32 Å². The molecule has 3 rings (SSSR count). The summed E-state index contributed by atoms with van der Waals surface area (Å²) in [7, 11) is 0. The first-order chi connectivity index (χ1) is 12.0. The van der Waals surface area contributed by atoms with Crippen molar-refractivity contribution in [1.82, 2.24) is 15.1 Å². The van der Waals surface area contributed by atoms with Crippen LogP contribution < -0.4 is 5.32 Å². The fourth-order valence-electron chi connectivity index (χ4n) is 2.48. The fraction of sp³-hybridized carbons (Fsp3) is 0.176. The number of amides is 1. The first kappa shape index (κ1) is 17.2. The van der Waals surface area contributed by atoms with Crippen LogP contribution >= 0.6 is 11.3 Å². The molecule has 0 unspecified atom stereocenters. The molecule has 0 radical (unpaired) electrons. The average Bonchev–Trinajstić information content (AvgIpc) is 3.28. The molecule has 4 nitrogen and oxygen atoms in total. The molecule has 0 saturated heterocycles. The van der Waals surface area contributed by atoms with Crippen LogP contribution in [0.4, 0.5) is 13.2 Å². The van der Waals surface area contributed by atoms with E-state index in [2.05, 4.69) is 10.4 Å². The summed E-state index contributed by atoms with van der Waals surface area (Å²) < 4.78 is 40.9. The standard InChI is InChI=1S/C17H14F3N3OS/c18-17(19,20)13-6-2-1-5-12(13)16(24)21-11-14(15-7-3-10-25-15)23-9-4-8-22-23/h1-10,14H,11H2,(H,21,24)/t14-/m0/s1. The van der Waals surface area contributed by atoms with Gasteiger partial charge in [0.15, 0.2) is 0 Å². The van der Waals surface area contributed by atoms with Gasteiger partial charge in [0, 0.05) is 23.8 Å². The zero-order valence-corrected chi connectivity index (χ0v) is 13.7. The van der Waals surface area contributed by atoms with E-state index in [1.807, 2.05) is 17.5 Å². The number of benzene rings is 1. The number of aromatic nitrogens is 2. The predicted octanol–water partition coefficient (Wildman–Crippen LogP) is 3.98. The van der Waals surface area contributed by atoms with Crippen molar-refractivity contribution >= 4 is 17.2 Å².